The van der Waals surface area contributed by atoms with E-state index in [1.807, 2.05) is 19.2 Å². The van der Waals surface area contributed by atoms with Crippen molar-refractivity contribution >= 4 is 21.7 Å². The van der Waals surface area contributed by atoms with Crippen molar-refractivity contribution in [2.45, 2.75) is 26.7 Å². The minimum absolute atomic E-state index is 0.732. The summed E-state index contributed by atoms with van der Waals surface area (Å²) >= 11 is 0. The van der Waals surface area contributed by atoms with E-state index in [1.54, 1.807) is 14.2 Å². The highest BCUT2D eigenvalue weighted by Crippen LogP contribution is 2.35. The molecule has 2 aromatic heterocycles. The molecule has 0 aliphatic rings. The van der Waals surface area contributed by atoms with Gasteiger partial charge >= 0.3 is 0 Å². The molecule has 0 N–H and O–H groups in total. The van der Waals surface area contributed by atoms with Crippen LogP contribution in [0.25, 0.3) is 21.7 Å². The molecule has 0 amide bonds. The Kier molecular flexibility index (Phi) is 4.86. The van der Waals surface area contributed by atoms with E-state index in [2.05, 4.69) is 48.3 Å². The maximum Gasteiger partial charge on any atom is 0.161 e. The van der Waals surface area contributed by atoms with Gasteiger partial charge in [-0.2, -0.15) is 0 Å². The highest BCUT2D eigenvalue weighted by atomic mass is 16.5. The van der Waals surface area contributed by atoms with E-state index in [-0.39, 0.29) is 0 Å². The summed E-state index contributed by atoms with van der Waals surface area (Å²) in [6.07, 6.45) is 3.66. The van der Waals surface area contributed by atoms with Crippen LogP contribution < -0.4 is 9.47 Å². The van der Waals surface area contributed by atoms with Gasteiger partial charge < -0.3 is 9.47 Å². The van der Waals surface area contributed by atoms with Crippen molar-refractivity contribution in [3.63, 3.8) is 0 Å². The van der Waals surface area contributed by atoms with E-state index in [0.717, 1.165) is 57.4 Å². The van der Waals surface area contributed by atoms with Gasteiger partial charge in [0.15, 0.2) is 11.5 Å². The lowest BCUT2D eigenvalue weighted by Crippen LogP contribution is -1.99. The number of hydrogen-bond acceptors (Lipinski definition) is 4. The zero-order chi connectivity index (χ0) is 19.7. The van der Waals surface area contributed by atoms with Crippen LogP contribution in [0.15, 0.2) is 48.7 Å². The third-order valence-corrected chi connectivity index (χ3v) is 5.18. The van der Waals surface area contributed by atoms with Crippen LogP contribution in [0.4, 0.5) is 0 Å². The summed E-state index contributed by atoms with van der Waals surface area (Å²) in [5.41, 5.74) is 5.54. The molecule has 4 aromatic rings. The SMILES string of the molecule is CCc1ncc(Cc2ccc3nc(C)ccc3c2)c2cc(OC)c(OC)cc12. The van der Waals surface area contributed by atoms with Crippen LogP contribution in [-0.4, -0.2) is 24.2 Å². The van der Waals surface area contributed by atoms with E-state index in [4.69, 9.17) is 14.5 Å². The predicted octanol–water partition coefficient (Wildman–Crippen LogP) is 5.26. The average Bonchev–Trinajstić information content (AvgIpc) is 2.73. The number of aryl methyl sites for hydroxylation is 2. The molecule has 0 radical (unpaired) electrons. The van der Waals surface area contributed by atoms with Crippen molar-refractivity contribution in [1.29, 1.82) is 0 Å². The topological polar surface area (TPSA) is 44.2 Å². The standard InChI is InChI=1S/C24H24N2O2/c1-5-21-20-13-24(28-4)23(27-3)12-19(20)18(14-25-21)11-16-7-9-22-17(10-16)8-6-15(2)26-22/h6-10,12-14H,5,11H2,1-4H3. The molecule has 4 nitrogen and oxygen atoms in total. The van der Waals surface area contributed by atoms with Crippen molar-refractivity contribution in [2.24, 2.45) is 0 Å². The third kappa shape index (κ3) is 3.26. The number of fused-ring (bicyclic) bond motifs is 2. The van der Waals surface area contributed by atoms with E-state index in [0.29, 0.717) is 0 Å². The molecule has 2 heterocycles. The Morgan fingerprint density at radius 2 is 1.64 bits per heavy atom. The smallest absolute Gasteiger partial charge is 0.161 e. The maximum atomic E-state index is 5.54. The summed E-state index contributed by atoms with van der Waals surface area (Å²) in [6.45, 7) is 4.14. The van der Waals surface area contributed by atoms with Crippen molar-refractivity contribution in [3.8, 4) is 11.5 Å². The highest BCUT2D eigenvalue weighted by Gasteiger charge is 2.13. The summed E-state index contributed by atoms with van der Waals surface area (Å²) in [7, 11) is 3.33. The Balaban J connectivity index is 1.83. The Labute approximate surface area is 165 Å². The van der Waals surface area contributed by atoms with Gasteiger partial charge in [-0.15, -0.1) is 0 Å². The Bertz CT molecular complexity index is 1170. The lowest BCUT2D eigenvalue weighted by Gasteiger charge is -2.14. The summed E-state index contributed by atoms with van der Waals surface area (Å²) in [6, 6.07) is 14.7. The van der Waals surface area contributed by atoms with Crippen LogP contribution in [-0.2, 0) is 12.8 Å². The summed E-state index contributed by atoms with van der Waals surface area (Å²) in [4.78, 5) is 9.31. The normalized spacial score (nSPS) is 11.1. The predicted molar refractivity (Wildman–Crippen MR) is 114 cm³/mol. The first-order chi connectivity index (χ1) is 13.6. The van der Waals surface area contributed by atoms with Gasteiger partial charge in [0.05, 0.1) is 19.7 Å². The third-order valence-electron chi connectivity index (χ3n) is 5.18. The van der Waals surface area contributed by atoms with Gasteiger partial charge in [0, 0.05) is 28.4 Å². The molecule has 0 fully saturated rings. The van der Waals surface area contributed by atoms with Gasteiger partial charge in [-0.1, -0.05) is 19.1 Å². The molecule has 2 aromatic carbocycles. The fraction of sp³-hybridized carbons (Fsp3) is 0.250. The van der Waals surface area contributed by atoms with Gasteiger partial charge in [-0.05, 0) is 66.6 Å². The number of aromatic nitrogens is 2. The largest absolute Gasteiger partial charge is 0.493 e. The molecule has 0 aliphatic carbocycles. The Hall–Kier alpha value is -3.14. The molecule has 0 aliphatic heterocycles. The van der Waals surface area contributed by atoms with Crippen LogP contribution in [0.5, 0.6) is 11.5 Å². The summed E-state index contributed by atoms with van der Waals surface area (Å²) in [5, 5.41) is 3.44. The fourth-order valence-corrected chi connectivity index (χ4v) is 3.71. The molecule has 0 spiro atoms. The molecule has 4 heteroatoms. The minimum Gasteiger partial charge on any atom is -0.493 e. The van der Waals surface area contributed by atoms with Gasteiger partial charge in [-0.25, -0.2) is 0 Å². The monoisotopic (exact) mass is 372 g/mol. The second-order valence-electron chi connectivity index (χ2n) is 6.99. The van der Waals surface area contributed by atoms with Crippen LogP contribution in [0.2, 0.25) is 0 Å². The van der Waals surface area contributed by atoms with Crippen molar-refractivity contribution in [2.75, 3.05) is 14.2 Å². The summed E-state index contributed by atoms with van der Waals surface area (Å²) in [5.74, 6) is 1.47. The van der Waals surface area contributed by atoms with E-state index in [1.165, 1.54) is 11.1 Å². The van der Waals surface area contributed by atoms with Gasteiger partial charge in [-0.3, -0.25) is 9.97 Å². The van der Waals surface area contributed by atoms with Crippen molar-refractivity contribution < 1.29 is 9.47 Å². The lowest BCUT2D eigenvalue weighted by atomic mass is 9.97. The Morgan fingerprint density at radius 1 is 0.893 bits per heavy atom. The minimum atomic E-state index is 0.732. The molecule has 28 heavy (non-hydrogen) atoms. The molecule has 0 saturated heterocycles. The van der Waals surface area contributed by atoms with Crippen molar-refractivity contribution in [1.82, 2.24) is 9.97 Å². The number of nitrogens with zero attached hydrogens (tertiary/aromatic N) is 2. The second kappa shape index (κ2) is 7.47. The Morgan fingerprint density at radius 3 is 2.36 bits per heavy atom. The number of benzene rings is 2. The van der Waals surface area contributed by atoms with Crippen molar-refractivity contribution in [3.05, 3.63) is 71.2 Å². The molecule has 0 unspecified atom stereocenters. The number of methoxy groups -OCH3 is 2. The molecule has 0 saturated carbocycles. The van der Waals surface area contributed by atoms with E-state index >= 15 is 0 Å². The molecular weight excluding hydrogens is 348 g/mol. The first-order valence-corrected chi connectivity index (χ1v) is 9.51. The number of rotatable bonds is 5. The maximum absolute atomic E-state index is 5.54. The van der Waals surface area contributed by atoms with Gasteiger partial charge in [0.25, 0.3) is 0 Å². The number of pyridine rings is 2. The highest BCUT2D eigenvalue weighted by molar-refractivity contribution is 5.91. The molecule has 0 atom stereocenters. The van der Waals surface area contributed by atoms with Crippen LogP contribution in [0.1, 0.15) is 29.4 Å². The van der Waals surface area contributed by atoms with E-state index < -0.39 is 0 Å². The zero-order valence-corrected chi connectivity index (χ0v) is 16.7. The first kappa shape index (κ1) is 18.2. The average molecular weight is 372 g/mol. The number of ether oxygens (including phenoxy) is 2. The molecule has 142 valence electrons. The van der Waals surface area contributed by atoms with Gasteiger partial charge in [0.1, 0.15) is 0 Å². The number of hydrogen-bond donors (Lipinski definition) is 0. The lowest BCUT2D eigenvalue weighted by molar-refractivity contribution is 0.356. The van der Waals surface area contributed by atoms with Crippen LogP contribution >= 0.6 is 0 Å². The summed E-state index contributed by atoms with van der Waals surface area (Å²) < 4.78 is 11.0. The molecular formula is C24H24N2O2. The molecule has 0 bridgehead atoms. The first-order valence-electron chi connectivity index (χ1n) is 9.51. The fourth-order valence-electron chi connectivity index (χ4n) is 3.71. The zero-order valence-electron chi connectivity index (χ0n) is 16.7. The molecule has 4 rings (SSSR count). The van der Waals surface area contributed by atoms with Crippen LogP contribution in [0, 0.1) is 6.92 Å². The second-order valence-corrected chi connectivity index (χ2v) is 6.99. The van der Waals surface area contributed by atoms with E-state index in [9.17, 15) is 0 Å². The quantitative estimate of drug-likeness (QED) is 0.479. The van der Waals surface area contributed by atoms with Crippen LogP contribution in [0.3, 0.4) is 0 Å². The van der Waals surface area contributed by atoms with Gasteiger partial charge in [0.2, 0.25) is 0 Å².